The second kappa shape index (κ2) is 6.01. The monoisotopic (exact) mass is 326 g/mol. The van der Waals surface area contributed by atoms with E-state index in [0.29, 0.717) is 34.7 Å². The number of carbonyl (C=O) groups is 1. The lowest BCUT2D eigenvalue weighted by Crippen LogP contribution is -2.47. The lowest BCUT2D eigenvalue weighted by atomic mass is 10.1. The topological polar surface area (TPSA) is 80.1 Å². The van der Waals surface area contributed by atoms with E-state index in [0.717, 1.165) is 5.56 Å². The highest BCUT2D eigenvalue weighted by Crippen LogP contribution is 2.23. The van der Waals surface area contributed by atoms with Gasteiger partial charge in [0, 0.05) is 13.0 Å². The van der Waals surface area contributed by atoms with E-state index in [9.17, 15) is 4.79 Å². The summed E-state index contributed by atoms with van der Waals surface area (Å²) in [6.45, 7) is 0.683. The van der Waals surface area contributed by atoms with Crippen molar-refractivity contribution in [3.63, 3.8) is 0 Å². The largest absolute Gasteiger partial charge is 0.353 e. The van der Waals surface area contributed by atoms with Crippen LogP contribution >= 0.6 is 23.2 Å². The first-order valence-electron chi connectivity index (χ1n) is 6.38. The van der Waals surface area contributed by atoms with Gasteiger partial charge in [0.25, 0.3) is 0 Å². The highest BCUT2D eigenvalue weighted by Gasteiger charge is 2.23. The zero-order valence-electron chi connectivity index (χ0n) is 10.9. The number of amides is 1. The van der Waals surface area contributed by atoms with Crippen molar-refractivity contribution in [2.24, 2.45) is 0 Å². The molecule has 1 aliphatic heterocycles. The summed E-state index contributed by atoms with van der Waals surface area (Å²) < 4.78 is 5.23. The molecular weight excluding hydrogens is 315 g/mol. The third kappa shape index (κ3) is 3.34. The molecular formula is C13H12Cl2N4O2. The Kier molecular flexibility index (Phi) is 4.10. The van der Waals surface area contributed by atoms with Gasteiger partial charge in [-0.2, -0.15) is 4.98 Å². The molecule has 0 aliphatic carbocycles. The van der Waals surface area contributed by atoms with E-state index < -0.39 is 0 Å². The van der Waals surface area contributed by atoms with E-state index in [1.54, 1.807) is 12.1 Å². The van der Waals surface area contributed by atoms with E-state index in [4.69, 9.17) is 27.7 Å². The van der Waals surface area contributed by atoms with Crippen LogP contribution in [0.5, 0.6) is 0 Å². The fourth-order valence-corrected chi connectivity index (χ4v) is 2.37. The van der Waals surface area contributed by atoms with Crippen LogP contribution in [0.2, 0.25) is 10.0 Å². The molecule has 2 aromatic rings. The van der Waals surface area contributed by atoms with Crippen LogP contribution in [0, 0.1) is 0 Å². The number of rotatable bonds is 3. The molecule has 2 heterocycles. The van der Waals surface area contributed by atoms with E-state index in [2.05, 4.69) is 20.8 Å². The minimum Gasteiger partial charge on any atom is -0.353 e. The SMILES string of the molecule is O=C1CNC(c2nc(Cc3ccc(Cl)c(Cl)c3)no2)CN1. The number of carbonyl (C=O) groups excluding carboxylic acids is 1. The molecule has 1 aromatic heterocycles. The summed E-state index contributed by atoms with van der Waals surface area (Å²) in [6.07, 6.45) is 0.499. The number of benzene rings is 1. The number of piperazine rings is 1. The number of halogens is 2. The zero-order valence-corrected chi connectivity index (χ0v) is 12.4. The third-order valence-electron chi connectivity index (χ3n) is 3.14. The minimum atomic E-state index is -0.155. The van der Waals surface area contributed by atoms with Gasteiger partial charge in [0.2, 0.25) is 11.8 Å². The molecule has 0 saturated carbocycles. The summed E-state index contributed by atoms with van der Waals surface area (Å²) in [6, 6.07) is 5.22. The number of nitrogens with one attached hydrogen (secondary N) is 2. The molecule has 0 bridgehead atoms. The molecule has 6 nitrogen and oxygen atoms in total. The number of hydrogen-bond donors (Lipinski definition) is 2. The van der Waals surface area contributed by atoms with E-state index >= 15 is 0 Å². The average Bonchev–Trinajstić information content (AvgIpc) is 2.92. The smallest absolute Gasteiger partial charge is 0.245 e. The maximum absolute atomic E-state index is 11.1. The quantitative estimate of drug-likeness (QED) is 0.897. The van der Waals surface area contributed by atoms with Gasteiger partial charge >= 0.3 is 0 Å². The Bertz CT molecular complexity index is 664. The Labute approximate surface area is 130 Å². The highest BCUT2D eigenvalue weighted by atomic mass is 35.5. The van der Waals surface area contributed by atoms with E-state index in [1.165, 1.54) is 0 Å². The molecule has 0 spiro atoms. The van der Waals surface area contributed by atoms with Crippen molar-refractivity contribution in [1.29, 1.82) is 0 Å². The Morgan fingerprint density at radius 1 is 1.33 bits per heavy atom. The minimum absolute atomic E-state index is 0.0400. The van der Waals surface area contributed by atoms with Gasteiger partial charge < -0.3 is 9.84 Å². The Balaban J connectivity index is 1.70. The molecule has 3 rings (SSSR count). The maximum Gasteiger partial charge on any atom is 0.245 e. The fraction of sp³-hybridized carbons (Fsp3) is 0.308. The number of nitrogens with zero attached hydrogens (tertiary/aromatic N) is 2. The van der Waals surface area contributed by atoms with Crippen LogP contribution in [0.3, 0.4) is 0 Å². The molecule has 1 unspecified atom stereocenters. The van der Waals surface area contributed by atoms with Crippen LogP contribution in [-0.4, -0.2) is 29.1 Å². The predicted molar refractivity (Wildman–Crippen MR) is 77.3 cm³/mol. The molecule has 1 amide bonds. The molecule has 8 heteroatoms. The average molecular weight is 327 g/mol. The van der Waals surface area contributed by atoms with Crippen molar-refractivity contribution in [2.75, 3.05) is 13.1 Å². The predicted octanol–water partition coefficient (Wildman–Crippen LogP) is 1.73. The van der Waals surface area contributed by atoms with Crippen LogP contribution in [0.25, 0.3) is 0 Å². The van der Waals surface area contributed by atoms with Gasteiger partial charge in [-0.05, 0) is 17.7 Å². The van der Waals surface area contributed by atoms with Gasteiger partial charge in [-0.25, -0.2) is 0 Å². The molecule has 21 heavy (non-hydrogen) atoms. The second-order valence-corrected chi connectivity index (χ2v) is 5.53. The summed E-state index contributed by atoms with van der Waals surface area (Å²) >= 11 is 11.9. The van der Waals surface area contributed by atoms with E-state index in [1.807, 2.05) is 6.07 Å². The van der Waals surface area contributed by atoms with Gasteiger partial charge in [-0.1, -0.05) is 34.4 Å². The van der Waals surface area contributed by atoms with Gasteiger partial charge in [-0.3, -0.25) is 10.1 Å². The van der Waals surface area contributed by atoms with Crippen LogP contribution in [-0.2, 0) is 11.2 Å². The molecule has 1 aromatic carbocycles. The van der Waals surface area contributed by atoms with Gasteiger partial charge in [0.15, 0.2) is 5.82 Å². The fourth-order valence-electron chi connectivity index (χ4n) is 2.05. The van der Waals surface area contributed by atoms with Crippen LogP contribution in [0.15, 0.2) is 22.7 Å². The Hall–Kier alpha value is -1.63. The van der Waals surface area contributed by atoms with Crippen molar-refractivity contribution in [2.45, 2.75) is 12.5 Å². The van der Waals surface area contributed by atoms with Crippen LogP contribution in [0.1, 0.15) is 23.3 Å². The first kappa shape index (κ1) is 14.3. The molecule has 2 N–H and O–H groups in total. The first-order chi connectivity index (χ1) is 10.1. The standard InChI is InChI=1S/C13H12Cl2N4O2/c14-8-2-1-7(3-9(8)15)4-11-18-13(21-19-11)10-5-17-12(20)6-16-10/h1-3,10,16H,4-6H2,(H,17,20). The summed E-state index contributed by atoms with van der Waals surface area (Å²) in [4.78, 5) is 15.4. The molecule has 1 aliphatic rings. The summed E-state index contributed by atoms with van der Waals surface area (Å²) in [5.41, 5.74) is 0.946. The highest BCUT2D eigenvalue weighted by molar-refractivity contribution is 6.42. The van der Waals surface area contributed by atoms with Crippen molar-refractivity contribution in [3.05, 3.63) is 45.5 Å². The van der Waals surface area contributed by atoms with Crippen LogP contribution < -0.4 is 10.6 Å². The summed E-state index contributed by atoms with van der Waals surface area (Å²) in [5, 5.41) is 10.7. The Morgan fingerprint density at radius 3 is 2.90 bits per heavy atom. The van der Waals surface area contributed by atoms with Crippen molar-refractivity contribution in [1.82, 2.24) is 20.8 Å². The van der Waals surface area contributed by atoms with Crippen molar-refractivity contribution < 1.29 is 9.32 Å². The van der Waals surface area contributed by atoms with Gasteiger partial charge in [0.1, 0.15) is 6.04 Å². The van der Waals surface area contributed by atoms with Gasteiger partial charge in [0.05, 0.1) is 16.6 Å². The zero-order chi connectivity index (χ0) is 14.8. The third-order valence-corrected chi connectivity index (χ3v) is 3.88. The summed E-state index contributed by atoms with van der Waals surface area (Å²) in [5.74, 6) is 0.981. The molecule has 1 atom stereocenters. The second-order valence-electron chi connectivity index (χ2n) is 4.71. The Morgan fingerprint density at radius 2 is 2.19 bits per heavy atom. The molecule has 1 fully saturated rings. The lowest BCUT2D eigenvalue weighted by molar-refractivity contribution is -0.121. The number of hydrogen-bond acceptors (Lipinski definition) is 5. The summed E-state index contributed by atoms with van der Waals surface area (Å²) in [7, 11) is 0. The maximum atomic E-state index is 11.1. The molecule has 110 valence electrons. The number of aromatic nitrogens is 2. The van der Waals surface area contributed by atoms with Crippen molar-refractivity contribution in [3.8, 4) is 0 Å². The van der Waals surface area contributed by atoms with Crippen molar-refractivity contribution >= 4 is 29.1 Å². The first-order valence-corrected chi connectivity index (χ1v) is 7.14. The molecule has 0 radical (unpaired) electrons. The molecule has 1 saturated heterocycles. The van der Waals surface area contributed by atoms with Crippen LogP contribution in [0.4, 0.5) is 0 Å². The van der Waals surface area contributed by atoms with E-state index in [-0.39, 0.29) is 18.5 Å². The normalized spacial score (nSPS) is 18.6. The van der Waals surface area contributed by atoms with Gasteiger partial charge in [-0.15, -0.1) is 0 Å². The lowest BCUT2D eigenvalue weighted by Gasteiger charge is -2.20.